The first-order valence-electron chi connectivity index (χ1n) is 11.2. The number of nitrogens with zero attached hydrogens (tertiary/aromatic N) is 3. The van der Waals surface area contributed by atoms with Crippen molar-refractivity contribution >= 4 is 21.6 Å². The fraction of sp³-hybridized carbons (Fsp3) is 0.458. The van der Waals surface area contributed by atoms with Gasteiger partial charge in [-0.05, 0) is 49.6 Å². The van der Waals surface area contributed by atoms with E-state index in [1.54, 1.807) is 24.0 Å². The second-order valence-electron chi connectivity index (χ2n) is 8.83. The molecule has 0 spiro atoms. The molecule has 0 bridgehead atoms. The molecule has 0 N–H and O–H groups in total. The maximum atomic E-state index is 15.1. The van der Waals surface area contributed by atoms with Gasteiger partial charge in [-0.2, -0.15) is 4.31 Å². The molecule has 9 heteroatoms. The zero-order chi connectivity index (χ0) is 23.8. The summed E-state index contributed by atoms with van der Waals surface area (Å²) in [7, 11) is -3.74. The van der Waals surface area contributed by atoms with Crippen LogP contribution in [0.3, 0.4) is 0 Å². The van der Waals surface area contributed by atoms with E-state index in [9.17, 15) is 17.6 Å². The topological polar surface area (TPSA) is 60.9 Å². The largest absolute Gasteiger partial charge is 0.368 e. The van der Waals surface area contributed by atoms with Gasteiger partial charge in [-0.25, -0.2) is 17.2 Å². The highest BCUT2D eigenvalue weighted by atomic mass is 32.2. The molecule has 1 unspecified atom stereocenters. The molecule has 4 rings (SSSR count). The van der Waals surface area contributed by atoms with Crippen molar-refractivity contribution in [2.24, 2.45) is 0 Å². The smallest absolute Gasteiger partial charge is 0.221 e. The molecular formula is C24H29F2N3O3S. The number of amides is 1. The van der Waals surface area contributed by atoms with Gasteiger partial charge in [-0.3, -0.25) is 4.79 Å². The Labute approximate surface area is 193 Å². The molecule has 2 heterocycles. The number of piperazine rings is 1. The van der Waals surface area contributed by atoms with Gasteiger partial charge in [-0.1, -0.05) is 18.2 Å². The number of carbonyl (C=O) groups excluding carboxylic acids is 1. The molecule has 2 atom stereocenters. The summed E-state index contributed by atoms with van der Waals surface area (Å²) in [4.78, 5) is 15.3. The molecule has 6 nitrogen and oxygen atoms in total. The minimum Gasteiger partial charge on any atom is -0.368 e. The van der Waals surface area contributed by atoms with Crippen molar-refractivity contribution in [2.45, 2.75) is 44.5 Å². The van der Waals surface area contributed by atoms with Crippen LogP contribution >= 0.6 is 0 Å². The number of hydrogen-bond acceptors (Lipinski definition) is 4. The van der Waals surface area contributed by atoms with Crippen LogP contribution in [0, 0.1) is 11.6 Å². The molecule has 0 saturated carbocycles. The summed E-state index contributed by atoms with van der Waals surface area (Å²) in [5, 5.41) is -0.769. The molecule has 2 fully saturated rings. The van der Waals surface area contributed by atoms with Gasteiger partial charge in [0.1, 0.15) is 16.9 Å². The van der Waals surface area contributed by atoms with Crippen molar-refractivity contribution in [3.05, 3.63) is 65.2 Å². The van der Waals surface area contributed by atoms with E-state index in [1.807, 2.05) is 11.8 Å². The number of hydrogen-bond donors (Lipinski definition) is 0. The summed E-state index contributed by atoms with van der Waals surface area (Å²) in [6, 6.07) is 10.2. The number of benzene rings is 2. The summed E-state index contributed by atoms with van der Waals surface area (Å²) in [6.45, 7) is 5.75. The lowest BCUT2D eigenvalue weighted by Crippen LogP contribution is -2.48. The van der Waals surface area contributed by atoms with Crippen LogP contribution in [0.2, 0.25) is 0 Å². The van der Waals surface area contributed by atoms with Gasteiger partial charge in [-0.15, -0.1) is 0 Å². The SMILES string of the molecule is CC(=O)N1CCN(c2ccc(CN3[C@@H](C)CCC(c4ccc(F)cc4)S3(=O)=O)c(F)c2)CC1. The fourth-order valence-electron chi connectivity index (χ4n) is 4.67. The highest BCUT2D eigenvalue weighted by Crippen LogP contribution is 2.38. The molecule has 0 aliphatic carbocycles. The second-order valence-corrected chi connectivity index (χ2v) is 10.9. The average Bonchev–Trinajstić information content (AvgIpc) is 2.78. The third kappa shape index (κ3) is 4.89. The number of carbonyl (C=O) groups is 1. The number of anilines is 1. The Morgan fingerprint density at radius 3 is 2.27 bits per heavy atom. The zero-order valence-electron chi connectivity index (χ0n) is 18.9. The van der Waals surface area contributed by atoms with E-state index in [0.29, 0.717) is 50.1 Å². The van der Waals surface area contributed by atoms with Gasteiger partial charge in [0, 0.05) is 56.9 Å². The summed E-state index contributed by atoms with van der Waals surface area (Å²) < 4.78 is 56.5. The maximum Gasteiger partial charge on any atom is 0.221 e. The molecular weight excluding hydrogens is 448 g/mol. The lowest BCUT2D eigenvalue weighted by molar-refractivity contribution is -0.129. The van der Waals surface area contributed by atoms with E-state index in [1.165, 1.54) is 34.6 Å². The average molecular weight is 478 g/mol. The molecule has 0 radical (unpaired) electrons. The standard InChI is InChI=1S/C24H29F2N3O3S/c1-17-3-10-24(19-4-7-21(25)8-5-19)33(31,32)29(17)16-20-6-9-22(15-23(20)26)28-13-11-27(12-14-28)18(2)30/h4-9,15,17,24H,3,10-14,16H2,1-2H3/t17-,24?/m0/s1. The van der Waals surface area contributed by atoms with Gasteiger partial charge in [0.25, 0.3) is 0 Å². The zero-order valence-corrected chi connectivity index (χ0v) is 19.7. The molecule has 2 saturated heterocycles. The maximum absolute atomic E-state index is 15.1. The molecule has 0 aromatic heterocycles. The highest BCUT2D eigenvalue weighted by molar-refractivity contribution is 7.89. The van der Waals surface area contributed by atoms with Crippen molar-refractivity contribution in [3.8, 4) is 0 Å². The predicted molar refractivity (Wildman–Crippen MR) is 123 cm³/mol. The van der Waals surface area contributed by atoms with Crippen LogP contribution in [0.1, 0.15) is 43.1 Å². The predicted octanol–water partition coefficient (Wildman–Crippen LogP) is 3.69. The van der Waals surface area contributed by atoms with E-state index in [-0.39, 0.29) is 18.5 Å². The van der Waals surface area contributed by atoms with E-state index < -0.39 is 26.9 Å². The van der Waals surface area contributed by atoms with Crippen LogP contribution in [0.4, 0.5) is 14.5 Å². The van der Waals surface area contributed by atoms with Gasteiger partial charge in [0.15, 0.2) is 0 Å². The van der Waals surface area contributed by atoms with Crippen molar-refractivity contribution in [3.63, 3.8) is 0 Å². The normalized spacial score (nSPS) is 23.5. The van der Waals surface area contributed by atoms with E-state index in [0.717, 1.165) is 5.69 Å². The summed E-state index contributed by atoms with van der Waals surface area (Å²) in [5.74, 6) is -0.832. The monoisotopic (exact) mass is 477 g/mol. The Bertz CT molecular complexity index is 1120. The number of halogens is 2. The Kier molecular flexibility index (Phi) is 6.72. The number of rotatable bonds is 4. The Morgan fingerprint density at radius 2 is 1.67 bits per heavy atom. The van der Waals surface area contributed by atoms with Gasteiger partial charge in [0.2, 0.25) is 15.9 Å². The van der Waals surface area contributed by atoms with Crippen LogP contribution in [-0.2, 0) is 21.4 Å². The van der Waals surface area contributed by atoms with Gasteiger partial charge in [0.05, 0.1) is 0 Å². The highest BCUT2D eigenvalue weighted by Gasteiger charge is 2.40. The minimum atomic E-state index is -3.74. The van der Waals surface area contributed by atoms with Crippen LogP contribution in [0.5, 0.6) is 0 Å². The fourth-order valence-corrected chi connectivity index (χ4v) is 6.86. The van der Waals surface area contributed by atoms with E-state index in [2.05, 4.69) is 0 Å². The van der Waals surface area contributed by atoms with Crippen molar-refractivity contribution in [1.29, 1.82) is 0 Å². The number of sulfonamides is 1. The van der Waals surface area contributed by atoms with Gasteiger partial charge < -0.3 is 9.80 Å². The first-order valence-corrected chi connectivity index (χ1v) is 12.7. The molecule has 33 heavy (non-hydrogen) atoms. The summed E-state index contributed by atoms with van der Waals surface area (Å²) in [5.41, 5.74) is 1.59. The third-order valence-corrected chi connectivity index (χ3v) is 9.09. The quantitative estimate of drug-likeness (QED) is 0.674. The van der Waals surface area contributed by atoms with Crippen LogP contribution in [-0.4, -0.2) is 55.8 Å². The minimum absolute atomic E-state index is 0.0342. The summed E-state index contributed by atoms with van der Waals surface area (Å²) in [6.07, 6.45) is 1.08. The molecule has 2 aliphatic rings. The van der Waals surface area contributed by atoms with Gasteiger partial charge >= 0.3 is 0 Å². The molecule has 178 valence electrons. The Hall–Kier alpha value is -2.52. The van der Waals surface area contributed by atoms with Crippen molar-refractivity contribution < 1.29 is 22.0 Å². The van der Waals surface area contributed by atoms with Crippen LogP contribution < -0.4 is 4.90 Å². The van der Waals surface area contributed by atoms with E-state index in [4.69, 9.17) is 0 Å². The second kappa shape index (κ2) is 9.38. The Morgan fingerprint density at radius 1 is 1.00 bits per heavy atom. The van der Waals surface area contributed by atoms with E-state index >= 15 is 4.39 Å². The molecule has 1 amide bonds. The Balaban J connectivity index is 1.51. The third-order valence-electron chi connectivity index (χ3n) is 6.72. The first kappa shape index (κ1) is 23.6. The van der Waals surface area contributed by atoms with Crippen molar-refractivity contribution in [1.82, 2.24) is 9.21 Å². The van der Waals surface area contributed by atoms with Crippen molar-refractivity contribution in [2.75, 3.05) is 31.1 Å². The molecule has 2 aromatic rings. The van der Waals surface area contributed by atoms with Crippen LogP contribution in [0.25, 0.3) is 0 Å². The molecule has 2 aromatic carbocycles. The summed E-state index contributed by atoms with van der Waals surface area (Å²) >= 11 is 0. The lowest BCUT2D eigenvalue weighted by Gasteiger charge is -2.38. The first-order chi connectivity index (χ1) is 15.7. The lowest BCUT2D eigenvalue weighted by atomic mass is 10.0. The van der Waals surface area contributed by atoms with Crippen LogP contribution in [0.15, 0.2) is 42.5 Å². The molecule has 2 aliphatic heterocycles.